The molecule has 24 heavy (non-hydrogen) atoms. The van der Waals surface area contributed by atoms with Crippen LogP contribution in [0.2, 0.25) is 5.02 Å². The normalized spacial score (nSPS) is 16.1. The SMILES string of the molecule is C=C1NC(=Nc2cccc(Cl)c2C)N(Cc2ccccc2)C=C1F. The molecule has 0 fully saturated rings. The standard InChI is InChI=1S/C19H17ClFN3/c1-13-16(20)9-6-10-18(13)23-19-22-14(2)17(21)12-24(19)11-15-7-4-3-5-8-15/h3-10,12H,2,11H2,1H3,(H,22,23). The van der Waals surface area contributed by atoms with Crippen molar-refractivity contribution in [3.63, 3.8) is 0 Å². The number of hydrogen-bond acceptors (Lipinski definition) is 1. The zero-order valence-corrected chi connectivity index (χ0v) is 14.0. The molecule has 0 aromatic heterocycles. The van der Waals surface area contributed by atoms with Gasteiger partial charge >= 0.3 is 0 Å². The van der Waals surface area contributed by atoms with Gasteiger partial charge in [0.05, 0.1) is 17.9 Å². The number of guanidine groups is 1. The molecule has 0 aliphatic carbocycles. The maximum Gasteiger partial charge on any atom is 0.208 e. The molecule has 1 heterocycles. The smallest absolute Gasteiger partial charge is 0.208 e. The molecule has 0 radical (unpaired) electrons. The Morgan fingerprint density at radius 3 is 2.67 bits per heavy atom. The highest BCUT2D eigenvalue weighted by Gasteiger charge is 2.20. The van der Waals surface area contributed by atoms with Crippen molar-refractivity contribution in [2.24, 2.45) is 4.99 Å². The summed E-state index contributed by atoms with van der Waals surface area (Å²) < 4.78 is 14.0. The van der Waals surface area contributed by atoms with E-state index in [1.807, 2.05) is 55.5 Å². The topological polar surface area (TPSA) is 27.6 Å². The van der Waals surface area contributed by atoms with Gasteiger partial charge in [0, 0.05) is 11.2 Å². The van der Waals surface area contributed by atoms with E-state index in [4.69, 9.17) is 11.6 Å². The first-order valence-electron chi connectivity index (χ1n) is 7.52. The fourth-order valence-electron chi connectivity index (χ4n) is 2.37. The van der Waals surface area contributed by atoms with Gasteiger partial charge < -0.3 is 10.2 Å². The number of aliphatic imine (C=N–C) groups is 1. The van der Waals surface area contributed by atoms with Crippen LogP contribution in [0.1, 0.15) is 11.1 Å². The molecular formula is C19H17ClFN3. The Hall–Kier alpha value is -2.59. The highest BCUT2D eigenvalue weighted by Crippen LogP contribution is 2.27. The summed E-state index contributed by atoms with van der Waals surface area (Å²) in [5.74, 6) is 0.100. The summed E-state index contributed by atoms with van der Waals surface area (Å²) in [6, 6.07) is 15.3. The molecule has 1 N–H and O–H groups in total. The molecule has 1 aliphatic rings. The zero-order chi connectivity index (χ0) is 17.1. The number of nitrogens with one attached hydrogen (secondary N) is 1. The Bertz CT molecular complexity index is 828. The molecule has 122 valence electrons. The van der Waals surface area contributed by atoms with Crippen molar-refractivity contribution in [1.29, 1.82) is 0 Å². The van der Waals surface area contributed by atoms with E-state index in [-0.39, 0.29) is 5.70 Å². The number of nitrogens with zero attached hydrogens (tertiary/aromatic N) is 2. The summed E-state index contributed by atoms with van der Waals surface area (Å²) in [5, 5.41) is 3.57. The minimum absolute atomic E-state index is 0.192. The summed E-state index contributed by atoms with van der Waals surface area (Å²) >= 11 is 6.16. The van der Waals surface area contributed by atoms with Crippen LogP contribution in [0.5, 0.6) is 0 Å². The second-order valence-electron chi connectivity index (χ2n) is 5.51. The molecule has 0 spiro atoms. The number of rotatable bonds is 3. The van der Waals surface area contributed by atoms with Gasteiger partial charge in [-0.3, -0.25) is 0 Å². The molecule has 0 amide bonds. The van der Waals surface area contributed by atoms with Crippen molar-refractivity contribution < 1.29 is 4.39 Å². The Balaban J connectivity index is 1.98. The van der Waals surface area contributed by atoms with Crippen LogP contribution in [-0.2, 0) is 6.54 Å². The third-order valence-electron chi connectivity index (χ3n) is 3.75. The van der Waals surface area contributed by atoms with E-state index in [1.54, 1.807) is 4.90 Å². The summed E-state index contributed by atoms with van der Waals surface area (Å²) in [7, 11) is 0. The molecule has 0 bridgehead atoms. The van der Waals surface area contributed by atoms with Gasteiger partial charge in [0.1, 0.15) is 0 Å². The highest BCUT2D eigenvalue weighted by atomic mass is 35.5. The molecular weight excluding hydrogens is 325 g/mol. The van der Waals surface area contributed by atoms with Crippen LogP contribution in [0.4, 0.5) is 10.1 Å². The van der Waals surface area contributed by atoms with Crippen LogP contribution in [0.3, 0.4) is 0 Å². The quantitative estimate of drug-likeness (QED) is 0.844. The van der Waals surface area contributed by atoms with E-state index < -0.39 is 5.83 Å². The average Bonchev–Trinajstić information content (AvgIpc) is 2.57. The number of hydrogen-bond donors (Lipinski definition) is 1. The van der Waals surface area contributed by atoms with Crippen molar-refractivity contribution in [3.8, 4) is 0 Å². The van der Waals surface area contributed by atoms with Gasteiger partial charge in [-0.15, -0.1) is 0 Å². The molecule has 0 atom stereocenters. The van der Waals surface area contributed by atoms with Gasteiger partial charge in [0.15, 0.2) is 5.83 Å². The number of benzene rings is 2. The molecule has 1 aliphatic heterocycles. The monoisotopic (exact) mass is 341 g/mol. The van der Waals surface area contributed by atoms with Crippen LogP contribution in [-0.4, -0.2) is 10.9 Å². The first-order valence-corrected chi connectivity index (χ1v) is 7.90. The van der Waals surface area contributed by atoms with Crippen LogP contribution in [0.25, 0.3) is 0 Å². The lowest BCUT2D eigenvalue weighted by molar-refractivity contribution is 0.483. The predicted octanol–water partition coefficient (Wildman–Crippen LogP) is 5.07. The molecule has 2 aromatic rings. The molecule has 2 aromatic carbocycles. The predicted molar refractivity (Wildman–Crippen MR) is 96.7 cm³/mol. The highest BCUT2D eigenvalue weighted by molar-refractivity contribution is 6.31. The van der Waals surface area contributed by atoms with Crippen molar-refractivity contribution in [3.05, 3.63) is 89.0 Å². The Kier molecular flexibility index (Phi) is 4.67. The van der Waals surface area contributed by atoms with Crippen LogP contribution < -0.4 is 5.32 Å². The molecule has 3 rings (SSSR count). The number of allylic oxidation sites excluding steroid dienone is 1. The van der Waals surface area contributed by atoms with Gasteiger partial charge in [-0.2, -0.15) is 0 Å². The van der Waals surface area contributed by atoms with Gasteiger partial charge in [-0.25, -0.2) is 9.38 Å². The lowest BCUT2D eigenvalue weighted by atomic mass is 10.2. The number of halogens is 2. The van der Waals surface area contributed by atoms with Gasteiger partial charge in [0.25, 0.3) is 0 Å². The second kappa shape index (κ2) is 6.89. The summed E-state index contributed by atoms with van der Waals surface area (Å²) in [5.41, 5.74) is 2.84. The van der Waals surface area contributed by atoms with E-state index in [0.29, 0.717) is 17.5 Å². The summed E-state index contributed by atoms with van der Waals surface area (Å²) in [4.78, 5) is 6.34. The average molecular weight is 342 g/mol. The first kappa shape index (κ1) is 16.3. The van der Waals surface area contributed by atoms with Crippen LogP contribution in [0, 0.1) is 6.92 Å². The van der Waals surface area contributed by atoms with Crippen molar-refractivity contribution in [2.45, 2.75) is 13.5 Å². The fourth-order valence-corrected chi connectivity index (χ4v) is 2.54. The minimum Gasteiger partial charge on any atom is -0.324 e. The van der Waals surface area contributed by atoms with E-state index in [1.165, 1.54) is 6.20 Å². The van der Waals surface area contributed by atoms with Crippen LogP contribution in [0.15, 0.2) is 77.8 Å². The minimum atomic E-state index is -0.410. The molecule has 3 nitrogen and oxygen atoms in total. The van der Waals surface area contributed by atoms with E-state index >= 15 is 0 Å². The molecule has 0 unspecified atom stereocenters. The Labute approximate surface area is 145 Å². The molecule has 0 saturated heterocycles. The Morgan fingerprint density at radius 1 is 1.17 bits per heavy atom. The molecule has 5 heteroatoms. The van der Waals surface area contributed by atoms with E-state index in [0.717, 1.165) is 16.8 Å². The lowest BCUT2D eigenvalue weighted by Gasteiger charge is -2.28. The van der Waals surface area contributed by atoms with Gasteiger partial charge in [-0.05, 0) is 30.2 Å². The van der Waals surface area contributed by atoms with E-state index in [9.17, 15) is 4.39 Å². The van der Waals surface area contributed by atoms with Crippen molar-refractivity contribution in [1.82, 2.24) is 10.2 Å². The Morgan fingerprint density at radius 2 is 1.92 bits per heavy atom. The lowest BCUT2D eigenvalue weighted by Crippen LogP contribution is -2.40. The van der Waals surface area contributed by atoms with E-state index in [2.05, 4.69) is 16.9 Å². The van der Waals surface area contributed by atoms with Gasteiger partial charge in [0.2, 0.25) is 5.96 Å². The van der Waals surface area contributed by atoms with Crippen molar-refractivity contribution >= 4 is 23.2 Å². The second-order valence-corrected chi connectivity index (χ2v) is 5.92. The van der Waals surface area contributed by atoms with Crippen molar-refractivity contribution in [2.75, 3.05) is 0 Å². The third kappa shape index (κ3) is 3.49. The fraction of sp³-hybridized carbons (Fsp3) is 0.105. The third-order valence-corrected chi connectivity index (χ3v) is 4.16. The maximum absolute atomic E-state index is 14.0. The van der Waals surface area contributed by atoms with Gasteiger partial charge in [-0.1, -0.05) is 54.6 Å². The first-order chi connectivity index (χ1) is 11.5. The maximum atomic E-state index is 14.0. The van der Waals surface area contributed by atoms with Crippen LogP contribution >= 0.6 is 11.6 Å². The largest absolute Gasteiger partial charge is 0.324 e. The zero-order valence-electron chi connectivity index (χ0n) is 13.3. The summed E-state index contributed by atoms with van der Waals surface area (Å²) in [6.45, 7) is 6.07. The summed E-state index contributed by atoms with van der Waals surface area (Å²) in [6.07, 6.45) is 1.41. The molecule has 0 saturated carbocycles.